The minimum Gasteiger partial charge on any atom is -0.490 e. The van der Waals surface area contributed by atoms with Gasteiger partial charge in [-0.1, -0.05) is 23.8 Å². The highest BCUT2D eigenvalue weighted by Crippen LogP contribution is 2.38. The molecule has 0 radical (unpaired) electrons. The van der Waals surface area contributed by atoms with Crippen molar-refractivity contribution in [1.82, 2.24) is 5.32 Å². The quantitative estimate of drug-likeness (QED) is 0.887. The number of rotatable bonds is 5. The van der Waals surface area contributed by atoms with Crippen LogP contribution in [0.2, 0.25) is 0 Å². The van der Waals surface area contributed by atoms with Crippen molar-refractivity contribution in [2.24, 2.45) is 0 Å². The summed E-state index contributed by atoms with van der Waals surface area (Å²) in [7, 11) is 0. The highest BCUT2D eigenvalue weighted by atomic mass is 16.5. The summed E-state index contributed by atoms with van der Waals surface area (Å²) in [5, 5.41) is 3.68. The third-order valence-corrected chi connectivity index (χ3v) is 4.60. The van der Waals surface area contributed by atoms with E-state index in [2.05, 4.69) is 49.5 Å². The normalized spacial score (nSPS) is 16.6. The van der Waals surface area contributed by atoms with Gasteiger partial charge in [0.05, 0.1) is 19.3 Å². The summed E-state index contributed by atoms with van der Waals surface area (Å²) in [4.78, 5) is 0. The van der Waals surface area contributed by atoms with Crippen molar-refractivity contribution < 1.29 is 9.47 Å². The first kappa shape index (κ1) is 16.8. The molecule has 0 aliphatic carbocycles. The molecule has 1 heterocycles. The number of hydrogen-bond donors (Lipinski definition) is 1. The number of hydrogen-bond acceptors (Lipinski definition) is 3. The van der Waals surface area contributed by atoms with E-state index in [1.807, 2.05) is 13.8 Å². The highest BCUT2D eigenvalue weighted by Gasteiger charge is 2.25. The fourth-order valence-corrected chi connectivity index (χ4v) is 3.45. The first-order chi connectivity index (χ1) is 11.6. The van der Waals surface area contributed by atoms with Crippen LogP contribution < -0.4 is 14.8 Å². The number of nitrogens with one attached hydrogen (secondary N) is 1. The Morgan fingerprint density at radius 3 is 2.38 bits per heavy atom. The van der Waals surface area contributed by atoms with E-state index in [4.69, 9.17) is 9.47 Å². The standard InChI is InChI=1S/C21H27NO2/c1-5-23-19-12-16-9-10-22-21(18(16)13-20(19)24-6-2)17-11-14(3)7-8-15(17)4/h7-8,11-13,21-22H,5-6,9-10H2,1-4H3/t21-/m0/s1. The molecule has 0 saturated heterocycles. The number of fused-ring (bicyclic) bond motifs is 1. The summed E-state index contributed by atoms with van der Waals surface area (Å²) in [6.45, 7) is 10.6. The zero-order valence-corrected chi connectivity index (χ0v) is 15.1. The van der Waals surface area contributed by atoms with Gasteiger partial charge in [0.2, 0.25) is 0 Å². The largest absolute Gasteiger partial charge is 0.490 e. The van der Waals surface area contributed by atoms with Crippen LogP contribution in [0.5, 0.6) is 11.5 Å². The van der Waals surface area contributed by atoms with Gasteiger partial charge in [0.25, 0.3) is 0 Å². The molecule has 0 spiro atoms. The summed E-state index contributed by atoms with van der Waals surface area (Å²) in [5.41, 5.74) is 6.62. The minimum absolute atomic E-state index is 0.212. The van der Waals surface area contributed by atoms with Crippen molar-refractivity contribution in [3.8, 4) is 11.5 Å². The van der Waals surface area contributed by atoms with Crippen LogP contribution in [0.4, 0.5) is 0 Å². The molecule has 1 aliphatic heterocycles. The van der Waals surface area contributed by atoms with Crippen molar-refractivity contribution in [2.75, 3.05) is 19.8 Å². The molecule has 2 aromatic carbocycles. The van der Waals surface area contributed by atoms with Gasteiger partial charge in [-0.25, -0.2) is 0 Å². The lowest BCUT2D eigenvalue weighted by molar-refractivity contribution is 0.286. The zero-order chi connectivity index (χ0) is 17.1. The van der Waals surface area contributed by atoms with E-state index in [9.17, 15) is 0 Å². The van der Waals surface area contributed by atoms with Crippen molar-refractivity contribution in [3.05, 3.63) is 58.1 Å². The highest BCUT2D eigenvalue weighted by molar-refractivity contribution is 5.52. The maximum atomic E-state index is 5.84. The van der Waals surface area contributed by atoms with Crippen molar-refractivity contribution in [2.45, 2.75) is 40.2 Å². The molecular formula is C21H27NO2. The fraction of sp³-hybridized carbons (Fsp3) is 0.429. The van der Waals surface area contributed by atoms with E-state index in [-0.39, 0.29) is 6.04 Å². The molecule has 3 nitrogen and oxygen atoms in total. The molecular weight excluding hydrogens is 298 g/mol. The molecule has 0 bridgehead atoms. The lowest BCUT2D eigenvalue weighted by Crippen LogP contribution is -2.31. The van der Waals surface area contributed by atoms with Gasteiger partial charge in [-0.2, -0.15) is 0 Å². The molecule has 3 rings (SSSR count). The Kier molecular flexibility index (Phi) is 5.10. The van der Waals surface area contributed by atoms with Gasteiger partial charge in [0, 0.05) is 6.54 Å². The number of benzene rings is 2. The second-order valence-electron chi connectivity index (χ2n) is 6.36. The second-order valence-corrected chi connectivity index (χ2v) is 6.36. The van der Waals surface area contributed by atoms with Crippen molar-refractivity contribution in [3.63, 3.8) is 0 Å². The molecule has 0 fully saturated rings. The third kappa shape index (κ3) is 3.27. The molecule has 1 atom stereocenters. The average Bonchev–Trinajstić information content (AvgIpc) is 2.57. The third-order valence-electron chi connectivity index (χ3n) is 4.60. The molecule has 0 unspecified atom stereocenters. The van der Waals surface area contributed by atoms with E-state index >= 15 is 0 Å². The Hall–Kier alpha value is -2.00. The van der Waals surface area contributed by atoms with Crippen LogP contribution in [-0.2, 0) is 6.42 Å². The first-order valence-electron chi connectivity index (χ1n) is 8.87. The molecule has 24 heavy (non-hydrogen) atoms. The maximum absolute atomic E-state index is 5.84. The molecule has 1 aliphatic rings. The van der Waals surface area contributed by atoms with E-state index in [1.54, 1.807) is 0 Å². The topological polar surface area (TPSA) is 30.5 Å². The molecule has 0 aromatic heterocycles. The second kappa shape index (κ2) is 7.27. The molecule has 128 valence electrons. The Bertz CT molecular complexity index is 724. The maximum Gasteiger partial charge on any atom is 0.161 e. The van der Waals surface area contributed by atoms with E-state index in [0.29, 0.717) is 13.2 Å². The predicted molar refractivity (Wildman–Crippen MR) is 98.2 cm³/mol. The summed E-state index contributed by atoms with van der Waals surface area (Å²) >= 11 is 0. The van der Waals surface area contributed by atoms with E-state index < -0.39 is 0 Å². The molecule has 1 N–H and O–H groups in total. The van der Waals surface area contributed by atoms with Gasteiger partial charge < -0.3 is 14.8 Å². The van der Waals surface area contributed by atoms with Crippen molar-refractivity contribution in [1.29, 1.82) is 0 Å². The molecule has 0 saturated carbocycles. The smallest absolute Gasteiger partial charge is 0.161 e. The Balaban J connectivity index is 2.09. The summed E-state index contributed by atoms with van der Waals surface area (Å²) in [6.07, 6.45) is 1.02. The van der Waals surface area contributed by atoms with Crippen LogP contribution in [0.25, 0.3) is 0 Å². The Morgan fingerprint density at radius 1 is 0.958 bits per heavy atom. The van der Waals surface area contributed by atoms with Crippen LogP contribution >= 0.6 is 0 Å². The lowest BCUT2D eigenvalue weighted by atomic mass is 9.87. The molecule has 2 aromatic rings. The summed E-state index contributed by atoms with van der Waals surface area (Å²) < 4.78 is 11.6. The van der Waals surface area contributed by atoms with Gasteiger partial charge >= 0.3 is 0 Å². The van der Waals surface area contributed by atoms with E-state index in [0.717, 1.165) is 24.5 Å². The van der Waals surface area contributed by atoms with Gasteiger partial charge in [-0.15, -0.1) is 0 Å². The zero-order valence-electron chi connectivity index (χ0n) is 15.1. The van der Waals surface area contributed by atoms with Crippen LogP contribution in [0, 0.1) is 13.8 Å². The van der Waals surface area contributed by atoms with Gasteiger partial charge in [-0.3, -0.25) is 0 Å². The SMILES string of the molecule is CCOc1cc2c(cc1OCC)[C@H](c1cc(C)ccc1C)NCC2. The van der Waals surface area contributed by atoms with Gasteiger partial charge in [0.1, 0.15) is 0 Å². The number of aryl methyl sites for hydroxylation is 2. The predicted octanol–water partition coefficient (Wildman–Crippen LogP) is 4.34. The monoisotopic (exact) mass is 325 g/mol. The average molecular weight is 325 g/mol. The number of ether oxygens (including phenoxy) is 2. The Morgan fingerprint density at radius 2 is 1.67 bits per heavy atom. The molecule has 0 amide bonds. The fourth-order valence-electron chi connectivity index (χ4n) is 3.45. The van der Waals surface area contributed by atoms with Gasteiger partial charge in [-0.05, 0) is 68.5 Å². The van der Waals surface area contributed by atoms with Crippen LogP contribution in [-0.4, -0.2) is 19.8 Å². The van der Waals surface area contributed by atoms with E-state index in [1.165, 1.54) is 27.8 Å². The summed E-state index contributed by atoms with van der Waals surface area (Å²) in [6, 6.07) is 11.2. The van der Waals surface area contributed by atoms with Crippen LogP contribution in [0.15, 0.2) is 30.3 Å². The van der Waals surface area contributed by atoms with Crippen molar-refractivity contribution >= 4 is 0 Å². The minimum atomic E-state index is 0.212. The summed E-state index contributed by atoms with van der Waals surface area (Å²) in [5.74, 6) is 1.71. The first-order valence-corrected chi connectivity index (χ1v) is 8.87. The van der Waals surface area contributed by atoms with Crippen LogP contribution in [0.3, 0.4) is 0 Å². The molecule has 3 heteroatoms. The van der Waals surface area contributed by atoms with Crippen LogP contribution in [0.1, 0.15) is 47.7 Å². The Labute approximate surface area is 145 Å². The van der Waals surface area contributed by atoms with Gasteiger partial charge in [0.15, 0.2) is 11.5 Å². The lowest BCUT2D eigenvalue weighted by Gasteiger charge is -2.30.